The van der Waals surface area contributed by atoms with Gasteiger partial charge in [-0.15, -0.1) is 0 Å². The van der Waals surface area contributed by atoms with Crippen molar-refractivity contribution < 1.29 is 0 Å². The van der Waals surface area contributed by atoms with E-state index >= 15 is 0 Å². The second-order valence-corrected chi connectivity index (χ2v) is 1.92. The van der Waals surface area contributed by atoms with E-state index in [-0.39, 0.29) is 0 Å². The number of aromatic nitrogens is 2. The highest BCUT2D eigenvalue weighted by molar-refractivity contribution is 7.18. The molecule has 0 radical (unpaired) electrons. The molecule has 4 heteroatoms. The lowest BCUT2D eigenvalue weighted by molar-refractivity contribution is 1.13. The van der Waals surface area contributed by atoms with E-state index in [9.17, 15) is 0 Å². The maximum absolute atomic E-state index is 4.01. The molecule has 0 aliphatic rings. The van der Waals surface area contributed by atoms with E-state index in [1.165, 1.54) is 0 Å². The lowest BCUT2D eigenvalue weighted by Crippen LogP contribution is -1.90. The highest BCUT2D eigenvalue weighted by Crippen LogP contribution is 2.06. The van der Waals surface area contributed by atoms with Crippen molar-refractivity contribution in [3.8, 4) is 0 Å². The summed E-state index contributed by atoms with van der Waals surface area (Å²) in [4.78, 5) is 8.01. The van der Waals surface area contributed by atoms with Gasteiger partial charge in [0.25, 0.3) is 0 Å². The van der Waals surface area contributed by atoms with Gasteiger partial charge in [0.2, 0.25) is 0 Å². The van der Waals surface area contributed by atoms with Gasteiger partial charge in [0.05, 0.1) is 5.69 Å². The van der Waals surface area contributed by atoms with Crippen molar-refractivity contribution in [2.75, 3.05) is 5.09 Å². The summed E-state index contributed by atoms with van der Waals surface area (Å²) in [5.74, 6) is 0.808. The minimum Gasteiger partial charge on any atom is -0.353 e. The summed E-state index contributed by atoms with van der Waals surface area (Å²) in [5, 5.41) is 2.84. The van der Waals surface area contributed by atoms with Crippen LogP contribution < -0.4 is 5.09 Å². The van der Waals surface area contributed by atoms with Gasteiger partial charge in [0.15, 0.2) is 0 Å². The first-order valence-corrected chi connectivity index (χ1v) is 3.16. The smallest absolute Gasteiger partial charge is 0.150 e. The normalized spacial score (nSPS) is 9.11. The molecule has 0 saturated carbocycles. The molecule has 0 amide bonds. The molecule has 0 spiro atoms. The number of aryl methyl sites for hydroxylation is 1. The second-order valence-electron chi connectivity index (χ2n) is 1.63. The molecule has 1 atom stereocenters. The Kier molecular flexibility index (Phi) is 1.96. The third-order valence-electron chi connectivity index (χ3n) is 1.02. The Bertz CT molecular complexity index is 201. The van der Waals surface area contributed by atoms with Crippen molar-refractivity contribution in [3.63, 3.8) is 0 Å². The zero-order valence-electron chi connectivity index (χ0n) is 5.13. The molecule has 1 N–H and O–H groups in total. The van der Waals surface area contributed by atoms with E-state index in [0.717, 1.165) is 11.5 Å². The maximum atomic E-state index is 4.01. The van der Waals surface area contributed by atoms with Crippen LogP contribution in [-0.4, -0.2) is 9.97 Å². The van der Waals surface area contributed by atoms with Gasteiger partial charge in [0, 0.05) is 12.4 Å². The van der Waals surface area contributed by atoms with E-state index in [4.69, 9.17) is 0 Å². The molecule has 1 heterocycles. The summed E-state index contributed by atoms with van der Waals surface area (Å²) in [6.45, 7) is 1.90. The third kappa shape index (κ3) is 1.36. The molecule has 3 nitrogen and oxygen atoms in total. The van der Waals surface area contributed by atoms with Gasteiger partial charge in [-0.1, -0.05) is 0 Å². The van der Waals surface area contributed by atoms with Crippen LogP contribution in [0.2, 0.25) is 0 Å². The van der Waals surface area contributed by atoms with Crippen molar-refractivity contribution in [2.45, 2.75) is 6.92 Å². The molecule has 1 unspecified atom stereocenters. The van der Waals surface area contributed by atoms with E-state index in [2.05, 4.69) is 24.4 Å². The SMILES string of the molecule is Cc1nccnc1NP. The first kappa shape index (κ1) is 6.43. The number of nitrogens with one attached hydrogen (secondary N) is 1. The lowest BCUT2D eigenvalue weighted by atomic mass is 10.5. The number of rotatable bonds is 1. The van der Waals surface area contributed by atoms with Crippen molar-refractivity contribution in [1.82, 2.24) is 9.97 Å². The van der Waals surface area contributed by atoms with Gasteiger partial charge in [-0.3, -0.25) is 4.98 Å². The van der Waals surface area contributed by atoms with Crippen LogP contribution in [-0.2, 0) is 0 Å². The summed E-state index contributed by atoms with van der Waals surface area (Å²) in [6, 6.07) is 0. The zero-order valence-corrected chi connectivity index (χ0v) is 6.28. The third-order valence-corrected chi connectivity index (χ3v) is 1.29. The number of hydrogen-bond donors (Lipinski definition) is 1. The molecule has 0 bridgehead atoms. The fraction of sp³-hybridized carbons (Fsp3) is 0.200. The molecule has 0 fully saturated rings. The van der Waals surface area contributed by atoms with Gasteiger partial charge < -0.3 is 5.09 Å². The molecule has 9 heavy (non-hydrogen) atoms. The average Bonchev–Trinajstić information content (AvgIpc) is 1.89. The number of hydrogen-bond acceptors (Lipinski definition) is 3. The van der Waals surface area contributed by atoms with Gasteiger partial charge in [-0.2, -0.15) is 0 Å². The molecular weight excluding hydrogens is 133 g/mol. The van der Waals surface area contributed by atoms with E-state index in [0.29, 0.717) is 0 Å². The summed E-state index contributed by atoms with van der Waals surface area (Å²) >= 11 is 0. The molecule has 1 aromatic heterocycles. The van der Waals surface area contributed by atoms with Crippen LogP contribution in [0.5, 0.6) is 0 Å². The molecule has 0 saturated heterocycles. The first-order chi connectivity index (χ1) is 4.34. The van der Waals surface area contributed by atoms with Crippen LogP contribution in [0, 0.1) is 6.92 Å². The molecular formula is C5H8N3P. The van der Waals surface area contributed by atoms with E-state index < -0.39 is 0 Å². The van der Waals surface area contributed by atoms with Crippen molar-refractivity contribution >= 4 is 15.2 Å². The van der Waals surface area contributed by atoms with E-state index in [1.54, 1.807) is 12.4 Å². The van der Waals surface area contributed by atoms with Crippen LogP contribution in [0.1, 0.15) is 5.69 Å². The van der Waals surface area contributed by atoms with Crippen LogP contribution in [0.15, 0.2) is 12.4 Å². The maximum Gasteiger partial charge on any atom is 0.150 e. The van der Waals surface area contributed by atoms with Gasteiger partial charge >= 0.3 is 0 Å². The largest absolute Gasteiger partial charge is 0.353 e. The molecule has 0 aromatic carbocycles. The molecule has 1 aromatic rings. The van der Waals surface area contributed by atoms with Crippen molar-refractivity contribution in [3.05, 3.63) is 18.1 Å². The molecule has 1 rings (SSSR count). The summed E-state index contributed by atoms with van der Waals surface area (Å²) in [7, 11) is 2.37. The Hall–Kier alpha value is -0.690. The van der Waals surface area contributed by atoms with Crippen LogP contribution in [0.4, 0.5) is 5.82 Å². The van der Waals surface area contributed by atoms with Crippen LogP contribution >= 0.6 is 9.39 Å². The minimum absolute atomic E-state index is 0.808. The summed E-state index contributed by atoms with van der Waals surface area (Å²) in [5.41, 5.74) is 0.910. The summed E-state index contributed by atoms with van der Waals surface area (Å²) < 4.78 is 0. The fourth-order valence-corrected chi connectivity index (χ4v) is 0.833. The monoisotopic (exact) mass is 141 g/mol. The predicted molar refractivity (Wildman–Crippen MR) is 40.1 cm³/mol. The number of anilines is 1. The fourth-order valence-electron chi connectivity index (χ4n) is 0.549. The average molecular weight is 141 g/mol. The Morgan fingerprint density at radius 1 is 1.44 bits per heavy atom. The topological polar surface area (TPSA) is 37.8 Å². The summed E-state index contributed by atoms with van der Waals surface area (Å²) in [6.07, 6.45) is 3.32. The van der Waals surface area contributed by atoms with Crippen molar-refractivity contribution in [2.24, 2.45) is 0 Å². The second kappa shape index (κ2) is 2.74. The minimum atomic E-state index is 0.808. The molecule has 0 aliphatic carbocycles. The van der Waals surface area contributed by atoms with Gasteiger partial charge in [0.1, 0.15) is 5.82 Å². The highest BCUT2D eigenvalue weighted by atomic mass is 31.0. The predicted octanol–water partition coefficient (Wildman–Crippen LogP) is 0.987. The van der Waals surface area contributed by atoms with Gasteiger partial charge in [-0.05, 0) is 16.3 Å². The van der Waals surface area contributed by atoms with Crippen LogP contribution in [0.25, 0.3) is 0 Å². The van der Waals surface area contributed by atoms with Gasteiger partial charge in [-0.25, -0.2) is 4.98 Å². The first-order valence-electron chi connectivity index (χ1n) is 2.59. The number of nitrogens with zero attached hydrogens (tertiary/aromatic N) is 2. The Labute approximate surface area is 56.2 Å². The Morgan fingerprint density at radius 3 is 2.56 bits per heavy atom. The quantitative estimate of drug-likeness (QED) is 0.592. The molecule has 48 valence electrons. The Morgan fingerprint density at radius 2 is 2.11 bits per heavy atom. The van der Waals surface area contributed by atoms with Crippen LogP contribution in [0.3, 0.4) is 0 Å². The Balaban J connectivity index is 3.01. The highest BCUT2D eigenvalue weighted by Gasteiger charge is 1.92. The van der Waals surface area contributed by atoms with E-state index in [1.807, 2.05) is 6.92 Å². The standard InChI is InChI=1S/C5H8N3P/c1-4-5(8-9)7-3-2-6-4/h2-3H,9H2,1H3,(H,7,8). The molecule has 0 aliphatic heterocycles. The van der Waals surface area contributed by atoms with Crippen molar-refractivity contribution in [1.29, 1.82) is 0 Å². The zero-order chi connectivity index (χ0) is 6.69. The lowest BCUT2D eigenvalue weighted by Gasteiger charge is -1.98.